The Bertz CT molecular complexity index is 153. The third-order valence-electron chi connectivity index (χ3n) is 1.65. The lowest BCUT2D eigenvalue weighted by Gasteiger charge is -2.24. The van der Waals surface area contributed by atoms with Crippen LogP contribution in [0.3, 0.4) is 0 Å². The zero-order valence-electron chi connectivity index (χ0n) is 6.59. The fourth-order valence-corrected chi connectivity index (χ4v) is 0.674. The van der Waals surface area contributed by atoms with Crippen molar-refractivity contribution in [2.45, 2.75) is 26.3 Å². The van der Waals surface area contributed by atoms with Gasteiger partial charge in [-0.1, -0.05) is 19.9 Å². The van der Waals surface area contributed by atoms with E-state index >= 15 is 0 Å². The van der Waals surface area contributed by atoms with Crippen LogP contribution in [-0.4, -0.2) is 6.04 Å². The summed E-state index contributed by atoms with van der Waals surface area (Å²) in [5.41, 5.74) is 5.39. The van der Waals surface area contributed by atoms with Crippen LogP contribution in [0.4, 0.5) is 0 Å². The zero-order valence-corrected chi connectivity index (χ0v) is 6.59. The van der Waals surface area contributed by atoms with Crippen molar-refractivity contribution < 1.29 is 0 Å². The molecule has 0 saturated heterocycles. The summed E-state index contributed by atoms with van der Waals surface area (Å²) in [4.78, 5) is 0. The number of rotatable bonds is 3. The highest BCUT2D eigenvalue weighted by atomic mass is 14.7. The van der Waals surface area contributed by atoms with Crippen LogP contribution in [0.5, 0.6) is 0 Å². The van der Waals surface area contributed by atoms with Gasteiger partial charge in [-0.2, -0.15) is 5.26 Å². The van der Waals surface area contributed by atoms with Crippen LogP contribution in [-0.2, 0) is 0 Å². The van der Waals surface area contributed by atoms with Gasteiger partial charge in [-0.05, 0) is 11.8 Å². The molecule has 0 amide bonds. The average molecular weight is 138 g/mol. The minimum atomic E-state index is -0.398. The molecule has 1 unspecified atom stereocenters. The fourth-order valence-electron chi connectivity index (χ4n) is 0.674. The second kappa shape index (κ2) is 3.38. The van der Waals surface area contributed by atoms with Crippen LogP contribution in [0.1, 0.15) is 20.3 Å². The van der Waals surface area contributed by atoms with E-state index in [4.69, 9.17) is 11.0 Å². The van der Waals surface area contributed by atoms with E-state index in [1.54, 1.807) is 6.08 Å². The topological polar surface area (TPSA) is 49.8 Å². The smallest absolute Gasteiger partial charge is 0.0982 e. The molecule has 0 radical (unpaired) electrons. The van der Waals surface area contributed by atoms with Crippen molar-refractivity contribution in [2.24, 2.45) is 11.1 Å². The second-order valence-electron chi connectivity index (χ2n) is 3.09. The highest BCUT2D eigenvalue weighted by molar-refractivity contribution is 4.99. The van der Waals surface area contributed by atoms with Gasteiger partial charge in [-0.15, -0.1) is 6.58 Å². The van der Waals surface area contributed by atoms with Gasteiger partial charge < -0.3 is 5.73 Å². The first-order valence-electron chi connectivity index (χ1n) is 3.30. The van der Waals surface area contributed by atoms with Crippen molar-refractivity contribution in [3.05, 3.63) is 12.7 Å². The number of hydrogen-bond donors (Lipinski definition) is 1. The zero-order chi connectivity index (χ0) is 8.20. The highest BCUT2D eigenvalue weighted by Crippen LogP contribution is 2.23. The van der Waals surface area contributed by atoms with E-state index in [1.807, 2.05) is 19.9 Å². The summed E-state index contributed by atoms with van der Waals surface area (Å²) < 4.78 is 0. The molecule has 0 aliphatic carbocycles. The van der Waals surface area contributed by atoms with Crippen molar-refractivity contribution in [1.29, 1.82) is 5.26 Å². The second-order valence-corrected chi connectivity index (χ2v) is 3.09. The Balaban J connectivity index is 4.11. The summed E-state index contributed by atoms with van der Waals surface area (Å²) in [6.07, 6.45) is 2.57. The predicted octanol–water partition coefficient (Wildman–Crippen LogP) is 1.44. The molecule has 0 aromatic heterocycles. The van der Waals surface area contributed by atoms with Crippen molar-refractivity contribution in [3.8, 4) is 6.07 Å². The van der Waals surface area contributed by atoms with Crippen LogP contribution >= 0.6 is 0 Å². The van der Waals surface area contributed by atoms with Crippen molar-refractivity contribution in [2.75, 3.05) is 0 Å². The van der Waals surface area contributed by atoms with Crippen molar-refractivity contribution >= 4 is 0 Å². The molecule has 0 heterocycles. The first-order valence-corrected chi connectivity index (χ1v) is 3.30. The van der Waals surface area contributed by atoms with Crippen LogP contribution in [0.25, 0.3) is 0 Å². The molecular weight excluding hydrogens is 124 g/mol. The Kier molecular flexibility index (Phi) is 3.11. The lowest BCUT2D eigenvalue weighted by molar-refractivity contribution is 0.335. The van der Waals surface area contributed by atoms with Crippen molar-refractivity contribution in [1.82, 2.24) is 0 Å². The molecule has 0 aliphatic heterocycles. The Morgan fingerprint density at radius 2 is 2.30 bits per heavy atom. The third-order valence-corrected chi connectivity index (χ3v) is 1.65. The maximum absolute atomic E-state index is 8.49. The number of nitriles is 1. The van der Waals surface area contributed by atoms with E-state index in [0.29, 0.717) is 0 Å². The molecule has 0 spiro atoms. The number of hydrogen-bond acceptors (Lipinski definition) is 2. The standard InChI is InChI=1S/C8H14N2/c1-4-5-8(2,3)7(10)6-9/h4,7H,1,5,10H2,2-3H3. The summed E-state index contributed by atoms with van der Waals surface area (Å²) in [7, 11) is 0. The van der Waals surface area contributed by atoms with Crippen LogP contribution in [0, 0.1) is 16.7 Å². The summed E-state index contributed by atoms with van der Waals surface area (Å²) >= 11 is 0. The average Bonchev–Trinajstić information content (AvgIpc) is 1.86. The Morgan fingerprint density at radius 3 is 2.60 bits per heavy atom. The van der Waals surface area contributed by atoms with Gasteiger partial charge in [0.05, 0.1) is 12.1 Å². The minimum Gasteiger partial charge on any atom is -0.315 e. The van der Waals surface area contributed by atoms with E-state index in [1.165, 1.54) is 0 Å². The molecule has 0 aromatic carbocycles. The van der Waals surface area contributed by atoms with Gasteiger partial charge in [0.1, 0.15) is 0 Å². The molecule has 0 fully saturated rings. The number of nitrogens with zero attached hydrogens (tertiary/aromatic N) is 1. The molecule has 0 aromatic rings. The SMILES string of the molecule is C=CCC(C)(C)C(N)C#N. The summed E-state index contributed by atoms with van der Waals surface area (Å²) in [5.74, 6) is 0. The van der Waals surface area contributed by atoms with E-state index in [2.05, 4.69) is 6.58 Å². The Hall–Kier alpha value is -0.810. The fraction of sp³-hybridized carbons (Fsp3) is 0.625. The molecule has 2 N–H and O–H groups in total. The first kappa shape index (κ1) is 9.19. The quantitative estimate of drug-likeness (QED) is 0.600. The molecule has 1 atom stereocenters. The lowest BCUT2D eigenvalue weighted by atomic mass is 9.82. The largest absolute Gasteiger partial charge is 0.315 e. The van der Waals surface area contributed by atoms with Crippen LogP contribution < -0.4 is 5.73 Å². The molecule has 2 heteroatoms. The monoisotopic (exact) mass is 138 g/mol. The van der Waals surface area contributed by atoms with Gasteiger partial charge in [0.2, 0.25) is 0 Å². The molecule has 10 heavy (non-hydrogen) atoms. The lowest BCUT2D eigenvalue weighted by Crippen LogP contribution is -2.35. The summed E-state index contributed by atoms with van der Waals surface area (Å²) in [6, 6.07) is 1.62. The molecule has 0 saturated carbocycles. The third kappa shape index (κ3) is 2.20. The maximum Gasteiger partial charge on any atom is 0.0982 e. The van der Waals surface area contributed by atoms with Gasteiger partial charge in [0.25, 0.3) is 0 Å². The Morgan fingerprint density at radius 1 is 1.80 bits per heavy atom. The highest BCUT2D eigenvalue weighted by Gasteiger charge is 2.24. The van der Waals surface area contributed by atoms with E-state index in [0.717, 1.165) is 6.42 Å². The number of allylic oxidation sites excluding steroid dienone is 1. The molecule has 56 valence electrons. The van der Waals surface area contributed by atoms with E-state index in [9.17, 15) is 0 Å². The Labute approximate surface area is 62.3 Å². The number of nitrogens with two attached hydrogens (primary N) is 1. The van der Waals surface area contributed by atoms with Crippen LogP contribution in [0.15, 0.2) is 12.7 Å². The minimum absolute atomic E-state index is 0.142. The molecule has 0 aliphatic rings. The van der Waals surface area contributed by atoms with Gasteiger partial charge >= 0.3 is 0 Å². The molecule has 2 nitrogen and oxygen atoms in total. The maximum atomic E-state index is 8.49. The van der Waals surface area contributed by atoms with Gasteiger partial charge in [-0.25, -0.2) is 0 Å². The normalized spacial score (nSPS) is 13.8. The predicted molar refractivity (Wildman–Crippen MR) is 42.2 cm³/mol. The van der Waals surface area contributed by atoms with Crippen LogP contribution in [0.2, 0.25) is 0 Å². The van der Waals surface area contributed by atoms with Gasteiger partial charge in [0, 0.05) is 0 Å². The summed E-state index contributed by atoms with van der Waals surface area (Å²) in [5, 5.41) is 8.49. The van der Waals surface area contributed by atoms with Gasteiger partial charge in [0.15, 0.2) is 0 Å². The summed E-state index contributed by atoms with van der Waals surface area (Å²) in [6.45, 7) is 7.52. The van der Waals surface area contributed by atoms with E-state index < -0.39 is 6.04 Å². The molecule has 0 bridgehead atoms. The molecule has 0 rings (SSSR count). The van der Waals surface area contributed by atoms with Crippen molar-refractivity contribution in [3.63, 3.8) is 0 Å². The molecular formula is C8H14N2. The van der Waals surface area contributed by atoms with E-state index in [-0.39, 0.29) is 5.41 Å². The van der Waals surface area contributed by atoms with Gasteiger partial charge in [-0.3, -0.25) is 0 Å². The first-order chi connectivity index (χ1) is 4.54.